The summed E-state index contributed by atoms with van der Waals surface area (Å²) in [6.45, 7) is 2.60. The lowest BCUT2D eigenvalue weighted by Crippen LogP contribution is -2.34. The number of ether oxygens (including phenoxy) is 2. The van der Waals surface area contributed by atoms with Crippen LogP contribution in [0.4, 0.5) is 0 Å². The van der Waals surface area contributed by atoms with Gasteiger partial charge in [-0.1, -0.05) is 0 Å². The van der Waals surface area contributed by atoms with Crippen LogP contribution in [0.2, 0.25) is 0 Å². The Hall–Kier alpha value is -2.61. The highest BCUT2D eigenvalue weighted by Crippen LogP contribution is 2.32. The summed E-state index contributed by atoms with van der Waals surface area (Å²) in [5, 5.41) is 14.0. The summed E-state index contributed by atoms with van der Waals surface area (Å²) in [4.78, 5) is 15.3. The second kappa shape index (κ2) is 9.63. The van der Waals surface area contributed by atoms with Crippen molar-refractivity contribution in [2.45, 2.75) is 25.3 Å². The molecule has 2 N–H and O–H groups in total. The molecule has 3 heterocycles. The van der Waals surface area contributed by atoms with Crippen molar-refractivity contribution in [1.29, 1.82) is 0 Å². The van der Waals surface area contributed by atoms with Crippen molar-refractivity contribution < 1.29 is 19.4 Å². The first-order chi connectivity index (χ1) is 12.2. The number of carbonyl (C=O) groups is 1. The van der Waals surface area contributed by atoms with Gasteiger partial charge in [0.2, 0.25) is 0 Å². The Morgan fingerprint density at radius 3 is 2.80 bits per heavy atom. The standard InChI is InChI=1S/C16H22N4O2.CH2O2/c1-21-15-6-7-17-14(16(15)22-2)11-20-9-3-4-12(10-20)13-5-8-18-19-13;2-1-3/h5-8,12H,3-4,9-11H2,1-2H3,(H,18,19);1H,(H,2,3). The molecule has 8 heteroatoms. The predicted molar refractivity (Wildman–Crippen MR) is 91.9 cm³/mol. The summed E-state index contributed by atoms with van der Waals surface area (Å²) in [5.74, 6) is 1.97. The maximum Gasteiger partial charge on any atom is 0.290 e. The lowest BCUT2D eigenvalue weighted by Gasteiger charge is -2.32. The Bertz CT molecular complexity index is 648. The second-order valence-corrected chi connectivity index (χ2v) is 5.68. The third kappa shape index (κ3) is 4.93. The van der Waals surface area contributed by atoms with Crippen LogP contribution in [-0.4, -0.2) is 59.0 Å². The molecule has 1 aliphatic rings. The summed E-state index contributed by atoms with van der Waals surface area (Å²) in [6, 6.07) is 3.89. The van der Waals surface area contributed by atoms with Crippen LogP contribution in [0.15, 0.2) is 24.5 Å². The van der Waals surface area contributed by atoms with Gasteiger partial charge in [0, 0.05) is 43.2 Å². The molecule has 8 nitrogen and oxygen atoms in total. The summed E-state index contributed by atoms with van der Waals surface area (Å²) in [5.41, 5.74) is 2.14. The minimum absolute atomic E-state index is 0.250. The van der Waals surface area contributed by atoms with Crippen molar-refractivity contribution in [1.82, 2.24) is 20.1 Å². The van der Waals surface area contributed by atoms with E-state index in [0.717, 1.165) is 36.8 Å². The topological polar surface area (TPSA) is 101 Å². The van der Waals surface area contributed by atoms with E-state index in [0.29, 0.717) is 5.92 Å². The molecular formula is C17H24N4O4. The van der Waals surface area contributed by atoms with Crippen LogP contribution < -0.4 is 9.47 Å². The number of carboxylic acid groups (broad SMARTS) is 1. The highest BCUT2D eigenvalue weighted by molar-refractivity contribution is 5.42. The number of nitrogens with zero attached hydrogens (tertiary/aromatic N) is 3. The number of likely N-dealkylation sites (tertiary alicyclic amines) is 1. The van der Waals surface area contributed by atoms with Crippen molar-refractivity contribution in [2.75, 3.05) is 27.3 Å². The molecule has 1 saturated heterocycles. The normalized spacial score (nSPS) is 17.3. The molecule has 2 aromatic rings. The third-order valence-electron chi connectivity index (χ3n) is 4.21. The van der Waals surface area contributed by atoms with E-state index in [9.17, 15) is 0 Å². The van der Waals surface area contributed by atoms with Gasteiger partial charge in [0.1, 0.15) is 5.69 Å². The van der Waals surface area contributed by atoms with Gasteiger partial charge in [-0.05, 0) is 25.5 Å². The molecule has 2 aromatic heterocycles. The lowest BCUT2D eigenvalue weighted by molar-refractivity contribution is -0.122. The first kappa shape index (κ1) is 18.7. The van der Waals surface area contributed by atoms with E-state index < -0.39 is 0 Å². The van der Waals surface area contributed by atoms with E-state index in [-0.39, 0.29) is 6.47 Å². The van der Waals surface area contributed by atoms with Crippen LogP contribution in [0.5, 0.6) is 11.5 Å². The summed E-state index contributed by atoms with van der Waals surface area (Å²) >= 11 is 0. The summed E-state index contributed by atoms with van der Waals surface area (Å²) in [6.07, 6.45) is 5.96. The van der Waals surface area contributed by atoms with Gasteiger partial charge in [0.25, 0.3) is 6.47 Å². The average Bonchev–Trinajstić information content (AvgIpc) is 3.17. The largest absolute Gasteiger partial charge is 0.493 e. The average molecular weight is 348 g/mol. The number of hydrogen-bond donors (Lipinski definition) is 2. The maximum absolute atomic E-state index is 8.36. The molecule has 1 fully saturated rings. The smallest absolute Gasteiger partial charge is 0.290 e. The number of rotatable bonds is 5. The molecule has 0 spiro atoms. The van der Waals surface area contributed by atoms with Crippen molar-refractivity contribution in [3.05, 3.63) is 35.9 Å². The fourth-order valence-electron chi connectivity index (χ4n) is 3.12. The van der Waals surface area contributed by atoms with Crippen molar-refractivity contribution >= 4 is 6.47 Å². The minimum atomic E-state index is -0.250. The minimum Gasteiger partial charge on any atom is -0.493 e. The number of piperidine rings is 1. The van der Waals surface area contributed by atoms with Gasteiger partial charge >= 0.3 is 0 Å². The van der Waals surface area contributed by atoms with E-state index >= 15 is 0 Å². The molecule has 1 unspecified atom stereocenters. The monoisotopic (exact) mass is 348 g/mol. The Labute approximate surface area is 146 Å². The van der Waals surface area contributed by atoms with Crippen molar-refractivity contribution in [3.63, 3.8) is 0 Å². The molecule has 1 aliphatic heterocycles. The number of hydrogen-bond acceptors (Lipinski definition) is 6. The maximum atomic E-state index is 8.36. The molecule has 25 heavy (non-hydrogen) atoms. The molecule has 3 rings (SSSR count). The number of aromatic nitrogens is 3. The van der Waals surface area contributed by atoms with E-state index in [1.807, 2.05) is 12.3 Å². The zero-order chi connectivity index (χ0) is 18.1. The summed E-state index contributed by atoms with van der Waals surface area (Å²) in [7, 11) is 3.31. The second-order valence-electron chi connectivity index (χ2n) is 5.68. The van der Waals surface area contributed by atoms with Gasteiger partial charge in [0.15, 0.2) is 11.5 Å². The molecule has 0 amide bonds. The SMILES string of the molecule is COc1ccnc(CN2CCCC(c3ccn[nH]3)C2)c1OC.O=CO. The highest BCUT2D eigenvalue weighted by atomic mass is 16.5. The fourth-order valence-corrected chi connectivity index (χ4v) is 3.12. The fraction of sp³-hybridized carbons (Fsp3) is 0.471. The first-order valence-corrected chi connectivity index (χ1v) is 8.08. The van der Waals surface area contributed by atoms with Crippen LogP contribution in [-0.2, 0) is 11.3 Å². The van der Waals surface area contributed by atoms with Gasteiger partial charge < -0.3 is 14.6 Å². The van der Waals surface area contributed by atoms with Gasteiger partial charge in [-0.3, -0.25) is 19.8 Å². The number of pyridine rings is 1. The molecular weight excluding hydrogens is 324 g/mol. The zero-order valence-electron chi connectivity index (χ0n) is 14.5. The van der Waals surface area contributed by atoms with Gasteiger partial charge in [-0.2, -0.15) is 5.10 Å². The van der Waals surface area contributed by atoms with E-state index in [1.165, 1.54) is 18.5 Å². The third-order valence-corrected chi connectivity index (χ3v) is 4.21. The van der Waals surface area contributed by atoms with Gasteiger partial charge in [-0.15, -0.1) is 0 Å². The molecule has 0 saturated carbocycles. The molecule has 1 atom stereocenters. The van der Waals surface area contributed by atoms with Crippen molar-refractivity contribution in [2.24, 2.45) is 0 Å². The number of H-pyrrole nitrogens is 1. The quantitative estimate of drug-likeness (QED) is 0.796. The molecule has 0 aromatic carbocycles. The number of aromatic amines is 1. The van der Waals surface area contributed by atoms with Crippen LogP contribution in [0, 0.1) is 0 Å². The van der Waals surface area contributed by atoms with Gasteiger partial charge in [0.05, 0.1) is 14.2 Å². The zero-order valence-corrected chi connectivity index (χ0v) is 14.5. The van der Waals surface area contributed by atoms with Crippen LogP contribution >= 0.6 is 0 Å². The number of methoxy groups -OCH3 is 2. The molecule has 136 valence electrons. The highest BCUT2D eigenvalue weighted by Gasteiger charge is 2.24. The van der Waals surface area contributed by atoms with Crippen molar-refractivity contribution in [3.8, 4) is 11.5 Å². The number of nitrogens with one attached hydrogen (secondary N) is 1. The Balaban J connectivity index is 0.000000701. The van der Waals surface area contributed by atoms with Gasteiger partial charge in [-0.25, -0.2) is 0 Å². The van der Waals surface area contributed by atoms with Crippen LogP contribution in [0.1, 0.15) is 30.1 Å². The van der Waals surface area contributed by atoms with E-state index in [2.05, 4.69) is 26.1 Å². The summed E-state index contributed by atoms with van der Waals surface area (Å²) < 4.78 is 10.8. The first-order valence-electron chi connectivity index (χ1n) is 8.08. The molecule has 0 bridgehead atoms. The molecule has 0 aliphatic carbocycles. The van der Waals surface area contributed by atoms with Crippen LogP contribution in [0.25, 0.3) is 0 Å². The Kier molecular flexibility index (Phi) is 7.21. The lowest BCUT2D eigenvalue weighted by atomic mass is 9.95. The Morgan fingerprint density at radius 1 is 1.36 bits per heavy atom. The molecule has 0 radical (unpaired) electrons. The Morgan fingerprint density at radius 2 is 2.16 bits per heavy atom. The van der Waals surface area contributed by atoms with Crippen LogP contribution in [0.3, 0.4) is 0 Å². The predicted octanol–water partition coefficient (Wildman–Crippen LogP) is 1.90. The van der Waals surface area contributed by atoms with E-state index in [1.54, 1.807) is 20.4 Å². The van der Waals surface area contributed by atoms with E-state index in [4.69, 9.17) is 19.4 Å².